The second-order valence-corrected chi connectivity index (χ2v) is 6.71. The summed E-state index contributed by atoms with van der Waals surface area (Å²) in [5.74, 6) is -1.25. The molecule has 1 unspecified atom stereocenters. The van der Waals surface area contributed by atoms with Crippen LogP contribution in [-0.4, -0.2) is 28.2 Å². The van der Waals surface area contributed by atoms with Gasteiger partial charge in [-0.3, -0.25) is 9.59 Å². The number of hydrogen-bond donors (Lipinski definition) is 1. The van der Waals surface area contributed by atoms with Crippen LogP contribution in [0.4, 0.5) is 18.3 Å². The van der Waals surface area contributed by atoms with E-state index in [4.69, 9.17) is 0 Å². The molecular weight excluding hydrogens is 355 g/mol. The topological polar surface area (TPSA) is 62.3 Å². The van der Waals surface area contributed by atoms with Gasteiger partial charge in [-0.25, -0.2) is 4.98 Å². The van der Waals surface area contributed by atoms with Gasteiger partial charge in [0.25, 0.3) is 0 Å². The molecule has 0 bridgehead atoms. The summed E-state index contributed by atoms with van der Waals surface area (Å²) in [6.45, 7) is 0.635. The van der Waals surface area contributed by atoms with Crippen molar-refractivity contribution in [3.63, 3.8) is 0 Å². The number of hydrogen-bond acceptors (Lipinski definition) is 4. The number of carbonyl (C=O) groups is 2. The quantitative estimate of drug-likeness (QED) is 0.901. The summed E-state index contributed by atoms with van der Waals surface area (Å²) in [6, 6.07) is 9.36. The van der Waals surface area contributed by atoms with Gasteiger partial charge < -0.3 is 10.2 Å². The smallest absolute Gasteiger partial charge is 0.338 e. The fourth-order valence-corrected chi connectivity index (χ4v) is 3.26. The van der Waals surface area contributed by atoms with Gasteiger partial charge in [0.1, 0.15) is 4.88 Å². The van der Waals surface area contributed by atoms with Crippen molar-refractivity contribution in [3.05, 3.63) is 47.0 Å². The zero-order valence-electron chi connectivity index (χ0n) is 12.9. The lowest BCUT2D eigenvalue weighted by molar-refractivity contribution is -0.134. The Morgan fingerprint density at radius 1 is 1.32 bits per heavy atom. The first-order valence-electron chi connectivity index (χ1n) is 7.48. The molecule has 1 aliphatic rings. The van der Waals surface area contributed by atoms with Crippen molar-refractivity contribution in [2.75, 3.05) is 11.9 Å². The third kappa shape index (κ3) is 4.16. The molecule has 5 nitrogen and oxygen atoms in total. The zero-order chi connectivity index (χ0) is 18.0. The Hall–Kier alpha value is -2.42. The lowest BCUT2D eigenvalue weighted by atomic mass is 10.1. The summed E-state index contributed by atoms with van der Waals surface area (Å²) in [7, 11) is 0. The van der Waals surface area contributed by atoms with Crippen LogP contribution in [0.3, 0.4) is 0 Å². The first kappa shape index (κ1) is 17.4. The van der Waals surface area contributed by atoms with E-state index in [0.29, 0.717) is 24.1 Å². The molecule has 0 aliphatic carbocycles. The van der Waals surface area contributed by atoms with Gasteiger partial charge in [0.15, 0.2) is 5.13 Å². The second kappa shape index (κ2) is 6.83. The largest absolute Gasteiger partial charge is 0.427 e. The number of aromatic nitrogens is 1. The van der Waals surface area contributed by atoms with Crippen molar-refractivity contribution in [2.45, 2.75) is 19.1 Å². The van der Waals surface area contributed by atoms with E-state index in [1.165, 1.54) is 0 Å². The number of anilines is 1. The van der Waals surface area contributed by atoms with Crippen LogP contribution >= 0.6 is 11.3 Å². The van der Waals surface area contributed by atoms with Crippen LogP contribution in [-0.2, 0) is 22.3 Å². The summed E-state index contributed by atoms with van der Waals surface area (Å²) in [4.78, 5) is 28.5. The Morgan fingerprint density at radius 2 is 2.04 bits per heavy atom. The van der Waals surface area contributed by atoms with Gasteiger partial charge in [-0.1, -0.05) is 41.7 Å². The SMILES string of the molecule is O=C(Nc1ncc(C(F)(F)F)s1)C1CC(=O)N(Cc2ccccc2)C1. The van der Waals surface area contributed by atoms with E-state index in [9.17, 15) is 22.8 Å². The predicted molar refractivity (Wildman–Crippen MR) is 85.7 cm³/mol. The average molecular weight is 369 g/mol. The fourth-order valence-electron chi connectivity index (χ4n) is 2.57. The van der Waals surface area contributed by atoms with Crippen LogP contribution in [0.25, 0.3) is 0 Å². The molecule has 1 aromatic carbocycles. The Bertz CT molecular complexity index is 776. The highest BCUT2D eigenvalue weighted by Gasteiger charge is 2.36. The van der Waals surface area contributed by atoms with E-state index >= 15 is 0 Å². The molecule has 2 amide bonds. The maximum atomic E-state index is 12.6. The monoisotopic (exact) mass is 369 g/mol. The minimum atomic E-state index is -4.49. The van der Waals surface area contributed by atoms with Crippen molar-refractivity contribution in [1.82, 2.24) is 9.88 Å². The first-order chi connectivity index (χ1) is 11.8. The zero-order valence-corrected chi connectivity index (χ0v) is 13.7. The molecular formula is C16H14F3N3O2S. The number of rotatable bonds is 4. The third-order valence-electron chi connectivity index (χ3n) is 3.82. The highest BCUT2D eigenvalue weighted by molar-refractivity contribution is 7.15. The Morgan fingerprint density at radius 3 is 2.68 bits per heavy atom. The average Bonchev–Trinajstić information content (AvgIpc) is 3.16. The van der Waals surface area contributed by atoms with E-state index in [2.05, 4.69) is 10.3 Å². The Labute approximate surface area is 145 Å². The van der Waals surface area contributed by atoms with Crippen LogP contribution < -0.4 is 5.32 Å². The highest BCUT2D eigenvalue weighted by Crippen LogP contribution is 2.35. The number of alkyl halides is 3. The molecule has 1 atom stereocenters. The molecule has 1 N–H and O–H groups in total. The number of nitrogens with zero attached hydrogens (tertiary/aromatic N) is 2. The molecule has 1 fully saturated rings. The number of carbonyl (C=O) groups excluding carboxylic acids is 2. The predicted octanol–water partition coefficient (Wildman–Crippen LogP) is 3.15. The minimum Gasteiger partial charge on any atom is -0.338 e. The van der Waals surface area contributed by atoms with Gasteiger partial charge in [0.2, 0.25) is 11.8 Å². The normalized spacial score (nSPS) is 17.8. The van der Waals surface area contributed by atoms with Crippen molar-refractivity contribution < 1.29 is 22.8 Å². The van der Waals surface area contributed by atoms with Crippen molar-refractivity contribution in [1.29, 1.82) is 0 Å². The molecule has 25 heavy (non-hydrogen) atoms. The maximum Gasteiger partial charge on any atom is 0.427 e. The Balaban J connectivity index is 1.60. The van der Waals surface area contributed by atoms with Gasteiger partial charge in [-0.05, 0) is 5.56 Å². The standard InChI is InChI=1S/C16H14F3N3O2S/c17-16(18,19)12-7-20-15(25-12)21-14(24)11-6-13(23)22(9-11)8-10-4-2-1-3-5-10/h1-5,7,11H,6,8-9H2,(H,20,21,24). The van der Waals surface area contributed by atoms with E-state index in [1.54, 1.807) is 4.90 Å². The molecule has 3 rings (SSSR count). The van der Waals surface area contributed by atoms with Crippen molar-refractivity contribution in [3.8, 4) is 0 Å². The molecule has 1 aliphatic heterocycles. The van der Waals surface area contributed by atoms with Crippen LogP contribution in [0.2, 0.25) is 0 Å². The summed E-state index contributed by atoms with van der Waals surface area (Å²) < 4.78 is 37.7. The number of nitrogens with one attached hydrogen (secondary N) is 1. The summed E-state index contributed by atoms with van der Waals surface area (Å²) in [6.07, 6.45) is -3.77. The lowest BCUT2D eigenvalue weighted by Crippen LogP contribution is -2.28. The summed E-state index contributed by atoms with van der Waals surface area (Å²) >= 11 is 0.365. The number of amides is 2. The Kier molecular flexibility index (Phi) is 4.76. The minimum absolute atomic E-state index is 0.0379. The number of benzene rings is 1. The second-order valence-electron chi connectivity index (χ2n) is 5.68. The van der Waals surface area contributed by atoms with Gasteiger partial charge in [-0.15, -0.1) is 0 Å². The van der Waals surface area contributed by atoms with Crippen molar-refractivity contribution in [2.24, 2.45) is 5.92 Å². The number of thiazole rings is 1. The van der Waals surface area contributed by atoms with Crippen LogP contribution in [0.15, 0.2) is 36.5 Å². The van der Waals surface area contributed by atoms with E-state index in [-0.39, 0.29) is 24.0 Å². The molecule has 1 aromatic heterocycles. The number of halogens is 3. The molecule has 0 saturated carbocycles. The highest BCUT2D eigenvalue weighted by atomic mass is 32.1. The molecule has 132 valence electrons. The molecule has 2 heterocycles. The van der Waals surface area contributed by atoms with Gasteiger partial charge >= 0.3 is 6.18 Å². The van der Waals surface area contributed by atoms with Gasteiger partial charge in [0, 0.05) is 19.5 Å². The van der Waals surface area contributed by atoms with Crippen LogP contribution in [0.5, 0.6) is 0 Å². The lowest BCUT2D eigenvalue weighted by Gasteiger charge is -2.16. The fraction of sp³-hybridized carbons (Fsp3) is 0.312. The molecule has 2 aromatic rings. The van der Waals surface area contributed by atoms with Crippen LogP contribution in [0.1, 0.15) is 16.9 Å². The van der Waals surface area contributed by atoms with E-state index < -0.39 is 22.9 Å². The van der Waals surface area contributed by atoms with E-state index in [0.717, 1.165) is 5.56 Å². The molecule has 1 saturated heterocycles. The first-order valence-corrected chi connectivity index (χ1v) is 8.30. The van der Waals surface area contributed by atoms with Gasteiger partial charge in [0.05, 0.1) is 12.1 Å². The van der Waals surface area contributed by atoms with Crippen LogP contribution in [0, 0.1) is 5.92 Å². The molecule has 0 spiro atoms. The third-order valence-corrected chi connectivity index (χ3v) is 4.77. The summed E-state index contributed by atoms with van der Waals surface area (Å²) in [5.41, 5.74) is 0.951. The summed E-state index contributed by atoms with van der Waals surface area (Å²) in [5, 5.41) is 2.25. The molecule has 9 heteroatoms. The van der Waals surface area contributed by atoms with Crippen molar-refractivity contribution >= 4 is 28.3 Å². The van der Waals surface area contributed by atoms with Gasteiger partial charge in [-0.2, -0.15) is 13.2 Å². The van der Waals surface area contributed by atoms with E-state index in [1.807, 2.05) is 30.3 Å². The maximum absolute atomic E-state index is 12.6. The number of likely N-dealkylation sites (tertiary alicyclic amines) is 1. The molecule has 0 radical (unpaired) electrons.